The van der Waals surface area contributed by atoms with E-state index in [2.05, 4.69) is 20.0 Å². The first-order valence-electron chi connectivity index (χ1n) is 9.78. The number of aromatic nitrogens is 2. The number of sulfonamides is 1. The molecule has 30 heavy (non-hydrogen) atoms. The number of anilines is 1. The van der Waals surface area contributed by atoms with E-state index in [0.29, 0.717) is 11.2 Å². The van der Waals surface area contributed by atoms with Crippen molar-refractivity contribution in [3.05, 3.63) is 59.4 Å². The third-order valence-corrected chi connectivity index (χ3v) is 6.17. The summed E-state index contributed by atoms with van der Waals surface area (Å²) in [6.07, 6.45) is 2.90. The first-order chi connectivity index (χ1) is 14.1. The zero-order valence-corrected chi connectivity index (χ0v) is 18.5. The van der Waals surface area contributed by atoms with E-state index >= 15 is 0 Å². The van der Waals surface area contributed by atoms with Gasteiger partial charge in [0.05, 0.1) is 5.52 Å². The fraction of sp³-hybridized carbons (Fsp3) is 0.318. The summed E-state index contributed by atoms with van der Waals surface area (Å²) in [5.74, 6) is 0.310. The Balaban J connectivity index is 1.96. The number of rotatable bonds is 5. The molecule has 1 aromatic heterocycles. The van der Waals surface area contributed by atoms with Crippen LogP contribution in [0.3, 0.4) is 0 Å². The predicted octanol–water partition coefficient (Wildman–Crippen LogP) is 4.70. The van der Waals surface area contributed by atoms with Crippen LogP contribution in [0.5, 0.6) is 0 Å². The molecule has 7 nitrogen and oxygen atoms in total. The molecule has 158 valence electrons. The van der Waals surface area contributed by atoms with Crippen molar-refractivity contribution in [2.24, 2.45) is 0 Å². The quantitative estimate of drug-likeness (QED) is 0.616. The number of carbonyl (C=O) groups excluding carboxylic acids is 1. The summed E-state index contributed by atoms with van der Waals surface area (Å²) in [6, 6.07) is 7.84. The highest BCUT2D eigenvalue weighted by molar-refractivity contribution is 7.90. The molecule has 0 aliphatic rings. The number of nitrogens with zero attached hydrogens (tertiary/aromatic N) is 2. The molecule has 8 heteroatoms. The summed E-state index contributed by atoms with van der Waals surface area (Å²) in [5.41, 5.74) is 4.31. The molecule has 0 unspecified atom stereocenters. The first kappa shape index (κ1) is 21.7. The van der Waals surface area contributed by atoms with Crippen molar-refractivity contribution < 1.29 is 13.2 Å². The van der Waals surface area contributed by atoms with Crippen LogP contribution in [0.25, 0.3) is 11.0 Å². The summed E-state index contributed by atoms with van der Waals surface area (Å²) in [4.78, 5) is 20.9. The molecule has 0 bridgehead atoms. The van der Waals surface area contributed by atoms with E-state index in [4.69, 9.17) is 0 Å². The van der Waals surface area contributed by atoms with Crippen molar-refractivity contribution in [3.63, 3.8) is 0 Å². The Kier molecular flexibility index (Phi) is 6.07. The zero-order chi connectivity index (χ0) is 22.1. The van der Waals surface area contributed by atoms with E-state index < -0.39 is 16.1 Å². The van der Waals surface area contributed by atoms with Gasteiger partial charge in [0.2, 0.25) is 0 Å². The van der Waals surface area contributed by atoms with Crippen LogP contribution in [-0.2, 0) is 10.0 Å². The Morgan fingerprint density at radius 1 is 0.967 bits per heavy atom. The van der Waals surface area contributed by atoms with Crippen LogP contribution in [0.2, 0.25) is 0 Å². The van der Waals surface area contributed by atoms with Crippen LogP contribution in [0.1, 0.15) is 56.2 Å². The number of fused-ring (bicyclic) bond motifs is 1. The van der Waals surface area contributed by atoms with Gasteiger partial charge in [-0.1, -0.05) is 51.5 Å². The SMILES string of the molecule is Cc1cc(C(C)C)c(NC(=O)NS(=O)(=O)c2cccc3nccnc23)c(C(C)C)c1. The van der Waals surface area contributed by atoms with Crippen LogP contribution in [0.4, 0.5) is 10.5 Å². The summed E-state index contributed by atoms with van der Waals surface area (Å²) < 4.78 is 27.9. The van der Waals surface area contributed by atoms with Crippen molar-refractivity contribution in [2.75, 3.05) is 5.32 Å². The second kappa shape index (κ2) is 8.39. The average molecular weight is 427 g/mol. The van der Waals surface area contributed by atoms with Gasteiger partial charge in [0.25, 0.3) is 10.0 Å². The Morgan fingerprint density at radius 2 is 1.57 bits per heavy atom. The Morgan fingerprint density at radius 3 is 2.17 bits per heavy atom. The molecule has 0 saturated heterocycles. The third kappa shape index (κ3) is 4.43. The molecule has 0 aliphatic heterocycles. The van der Waals surface area contributed by atoms with Crippen molar-refractivity contribution >= 4 is 32.8 Å². The third-order valence-electron chi connectivity index (χ3n) is 4.80. The highest BCUT2D eigenvalue weighted by Gasteiger charge is 2.23. The normalized spacial score (nSPS) is 11.8. The monoisotopic (exact) mass is 426 g/mol. The van der Waals surface area contributed by atoms with Gasteiger partial charge in [0.1, 0.15) is 10.4 Å². The molecule has 0 radical (unpaired) electrons. The number of para-hydroxylation sites is 1. The topological polar surface area (TPSA) is 101 Å². The van der Waals surface area contributed by atoms with Crippen molar-refractivity contribution in [3.8, 4) is 0 Å². The number of benzene rings is 2. The molecular formula is C22H26N4O3S. The summed E-state index contributed by atoms with van der Waals surface area (Å²) in [7, 11) is -4.15. The van der Waals surface area contributed by atoms with E-state index in [-0.39, 0.29) is 22.2 Å². The Bertz CT molecular complexity index is 1170. The minimum Gasteiger partial charge on any atom is -0.307 e. The van der Waals surface area contributed by atoms with Gasteiger partial charge in [-0.15, -0.1) is 0 Å². The lowest BCUT2D eigenvalue weighted by molar-refractivity contribution is 0.256. The van der Waals surface area contributed by atoms with E-state index in [9.17, 15) is 13.2 Å². The molecule has 0 fully saturated rings. The summed E-state index contributed by atoms with van der Waals surface area (Å²) in [5, 5.41) is 2.78. The fourth-order valence-electron chi connectivity index (χ4n) is 3.40. The molecule has 1 heterocycles. The standard InChI is InChI=1S/C22H26N4O3S/c1-13(2)16-11-15(5)12-17(14(3)4)20(16)25-22(27)26-30(28,29)19-8-6-7-18-21(19)24-10-9-23-18/h6-14H,1-5H3,(H2,25,26,27). The van der Waals surface area contributed by atoms with Gasteiger partial charge >= 0.3 is 6.03 Å². The number of hydrogen-bond donors (Lipinski definition) is 2. The van der Waals surface area contributed by atoms with Gasteiger partial charge < -0.3 is 5.32 Å². The molecule has 3 rings (SSSR count). The molecular weight excluding hydrogens is 400 g/mol. The fourth-order valence-corrected chi connectivity index (χ4v) is 4.47. The van der Waals surface area contributed by atoms with Gasteiger partial charge in [-0.2, -0.15) is 0 Å². The number of nitrogens with one attached hydrogen (secondary N) is 2. The van der Waals surface area contributed by atoms with Crippen LogP contribution in [0.15, 0.2) is 47.6 Å². The lowest BCUT2D eigenvalue weighted by Gasteiger charge is -2.21. The maximum atomic E-state index is 12.9. The second-order valence-electron chi connectivity index (χ2n) is 7.87. The van der Waals surface area contributed by atoms with E-state index in [1.165, 1.54) is 18.5 Å². The summed E-state index contributed by atoms with van der Waals surface area (Å²) >= 11 is 0. The number of hydrogen-bond acceptors (Lipinski definition) is 5. The molecule has 0 aliphatic carbocycles. The maximum absolute atomic E-state index is 12.9. The summed E-state index contributed by atoms with van der Waals surface area (Å²) in [6.45, 7) is 10.1. The van der Waals surface area contributed by atoms with Crippen molar-refractivity contribution in [1.82, 2.24) is 14.7 Å². The van der Waals surface area contributed by atoms with Crippen molar-refractivity contribution in [2.45, 2.75) is 51.3 Å². The Hall–Kier alpha value is -3.00. The van der Waals surface area contributed by atoms with Gasteiger partial charge in [0.15, 0.2) is 0 Å². The molecule has 3 aromatic rings. The largest absolute Gasteiger partial charge is 0.333 e. The van der Waals surface area contributed by atoms with Gasteiger partial charge in [-0.3, -0.25) is 9.97 Å². The second-order valence-corrected chi connectivity index (χ2v) is 9.52. The van der Waals surface area contributed by atoms with E-state index in [0.717, 1.165) is 16.7 Å². The van der Waals surface area contributed by atoms with Gasteiger partial charge in [0, 0.05) is 18.1 Å². The maximum Gasteiger partial charge on any atom is 0.333 e. The lowest BCUT2D eigenvalue weighted by Crippen LogP contribution is -2.35. The van der Waals surface area contributed by atoms with Crippen LogP contribution in [0, 0.1) is 6.92 Å². The minimum absolute atomic E-state index is 0.0969. The molecule has 2 aromatic carbocycles. The van der Waals surface area contributed by atoms with Crippen LogP contribution in [-0.4, -0.2) is 24.4 Å². The van der Waals surface area contributed by atoms with E-state index in [1.807, 2.05) is 46.8 Å². The smallest absolute Gasteiger partial charge is 0.307 e. The zero-order valence-electron chi connectivity index (χ0n) is 17.7. The van der Waals surface area contributed by atoms with Gasteiger partial charge in [-0.05, 0) is 42.0 Å². The van der Waals surface area contributed by atoms with Crippen LogP contribution < -0.4 is 10.0 Å². The number of urea groups is 1. The van der Waals surface area contributed by atoms with Gasteiger partial charge in [-0.25, -0.2) is 17.9 Å². The van der Waals surface area contributed by atoms with Crippen LogP contribution >= 0.6 is 0 Å². The highest BCUT2D eigenvalue weighted by atomic mass is 32.2. The number of aryl methyl sites for hydroxylation is 1. The molecule has 2 amide bonds. The first-order valence-corrected chi connectivity index (χ1v) is 11.3. The predicted molar refractivity (Wildman–Crippen MR) is 118 cm³/mol. The molecule has 2 N–H and O–H groups in total. The number of carbonyl (C=O) groups is 1. The molecule has 0 saturated carbocycles. The van der Waals surface area contributed by atoms with E-state index in [1.54, 1.807) is 12.1 Å². The number of amides is 2. The molecule has 0 spiro atoms. The Labute approximate surface area is 177 Å². The molecule has 0 atom stereocenters. The van der Waals surface area contributed by atoms with Crippen molar-refractivity contribution in [1.29, 1.82) is 0 Å². The highest BCUT2D eigenvalue weighted by Crippen LogP contribution is 2.34. The lowest BCUT2D eigenvalue weighted by atomic mass is 9.90. The average Bonchev–Trinajstić information content (AvgIpc) is 2.67. The minimum atomic E-state index is -4.15.